The summed E-state index contributed by atoms with van der Waals surface area (Å²) < 4.78 is 0. The molecule has 0 aliphatic rings. The molecule has 2 atom stereocenters. The lowest BCUT2D eigenvalue weighted by atomic mass is 10.1. The predicted octanol–water partition coefficient (Wildman–Crippen LogP) is -0.898. The van der Waals surface area contributed by atoms with Crippen LogP contribution in [-0.2, 0) is 19.2 Å². The number of rotatable bonds is 8. The van der Waals surface area contributed by atoms with E-state index in [-0.39, 0.29) is 24.4 Å². The van der Waals surface area contributed by atoms with Gasteiger partial charge in [0.15, 0.2) is 5.78 Å². The number of likely N-dealkylation sites (N-methyl/N-ethyl adjacent to an activating group) is 1. The molecule has 18 heavy (non-hydrogen) atoms. The summed E-state index contributed by atoms with van der Waals surface area (Å²) in [5.74, 6) is -2.30. The second kappa shape index (κ2) is 7.54. The van der Waals surface area contributed by atoms with E-state index in [1.807, 2.05) is 0 Å². The van der Waals surface area contributed by atoms with Crippen LogP contribution in [0.25, 0.3) is 0 Å². The van der Waals surface area contributed by atoms with E-state index in [1.165, 1.54) is 20.9 Å². The summed E-state index contributed by atoms with van der Waals surface area (Å²) in [6, 6.07) is -1.91. The lowest BCUT2D eigenvalue weighted by Crippen LogP contribution is -2.45. The van der Waals surface area contributed by atoms with Crippen LogP contribution < -0.4 is 10.6 Å². The zero-order chi connectivity index (χ0) is 14.3. The highest BCUT2D eigenvalue weighted by molar-refractivity contribution is 5.93. The minimum Gasteiger partial charge on any atom is -0.480 e. The Morgan fingerprint density at radius 3 is 1.94 bits per heavy atom. The van der Waals surface area contributed by atoms with Crippen LogP contribution in [-0.4, -0.2) is 47.7 Å². The van der Waals surface area contributed by atoms with Gasteiger partial charge in [0, 0.05) is 6.42 Å². The minimum atomic E-state index is -1.15. The zero-order valence-electron chi connectivity index (χ0n) is 10.6. The molecular formula is C11H18N2O5. The average Bonchev–Trinajstić information content (AvgIpc) is 2.23. The maximum absolute atomic E-state index is 11.5. The maximum Gasteiger partial charge on any atom is 0.321 e. The zero-order valence-corrected chi connectivity index (χ0v) is 10.6. The molecule has 0 saturated carbocycles. The van der Waals surface area contributed by atoms with E-state index in [9.17, 15) is 19.2 Å². The van der Waals surface area contributed by atoms with Crippen LogP contribution in [0.3, 0.4) is 0 Å². The van der Waals surface area contributed by atoms with Gasteiger partial charge < -0.3 is 15.7 Å². The summed E-state index contributed by atoms with van der Waals surface area (Å²) in [6.07, 6.45) is -0.383. The number of carboxylic acids is 1. The number of Topliss-reactive ketones (excluding diaryl/α,β-unsaturated/α-hetero) is 2. The number of hydrogen-bond donors (Lipinski definition) is 3. The van der Waals surface area contributed by atoms with Gasteiger partial charge in [-0.25, -0.2) is 0 Å². The highest BCUT2D eigenvalue weighted by Crippen LogP contribution is 1.98. The Morgan fingerprint density at radius 1 is 1.06 bits per heavy atom. The van der Waals surface area contributed by atoms with Gasteiger partial charge in [0.05, 0.1) is 12.5 Å². The van der Waals surface area contributed by atoms with Gasteiger partial charge in [0.1, 0.15) is 11.8 Å². The third-order valence-corrected chi connectivity index (χ3v) is 2.35. The molecule has 0 aromatic rings. The number of carbonyl (C=O) groups is 4. The summed E-state index contributed by atoms with van der Waals surface area (Å²) in [4.78, 5) is 44.4. The molecule has 1 amide bonds. The average molecular weight is 258 g/mol. The van der Waals surface area contributed by atoms with Gasteiger partial charge in [-0.15, -0.1) is 0 Å². The maximum atomic E-state index is 11.5. The van der Waals surface area contributed by atoms with Gasteiger partial charge in [0.25, 0.3) is 0 Å². The highest BCUT2D eigenvalue weighted by atomic mass is 16.4. The number of carbonyl (C=O) groups excluding carboxylic acids is 3. The number of amides is 1. The van der Waals surface area contributed by atoms with Gasteiger partial charge in [-0.2, -0.15) is 0 Å². The van der Waals surface area contributed by atoms with Crippen LogP contribution >= 0.6 is 0 Å². The molecule has 0 aromatic carbocycles. The first-order chi connectivity index (χ1) is 8.27. The molecule has 0 aliphatic heterocycles. The molecule has 2 unspecified atom stereocenters. The molecule has 0 bridgehead atoms. The van der Waals surface area contributed by atoms with Crippen molar-refractivity contribution < 1.29 is 24.3 Å². The van der Waals surface area contributed by atoms with Gasteiger partial charge >= 0.3 is 5.97 Å². The van der Waals surface area contributed by atoms with Crippen molar-refractivity contribution >= 4 is 23.4 Å². The fourth-order valence-corrected chi connectivity index (χ4v) is 1.34. The van der Waals surface area contributed by atoms with Crippen molar-refractivity contribution in [3.63, 3.8) is 0 Å². The first-order valence-electron chi connectivity index (χ1n) is 5.47. The molecular weight excluding hydrogens is 240 g/mol. The summed E-state index contributed by atoms with van der Waals surface area (Å²) in [5, 5.41) is 13.6. The molecule has 0 spiro atoms. The van der Waals surface area contributed by atoms with E-state index in [0.717, 1.165) is 0 Å². The fraction of sp³-hybridized carbons (Fsp3) is 0.636. The fourth-order valence-electron chi connectivity index (χ4n) is 1.34. The third kappa shape index (κ3) is 6.09. The van der Waals surface area contributed by atoms with Crippen LogP contribution in [0.5, 0.6) is 0 Å². The van der Waals surface area contributed by atoms with Gasteiger partial charge in [-0.1, -0.05) is 0 Å². The van der Waals surface area contributed by atoms with Crippen LogP contribution in [0.2, 0.25) is 0 Å². The minimum absolute atomic E-state index is 0.0850. The molecule has 0 aromatic heterocycles. The lowest BCUT2D eigenvalue weighted by Gasteiger charge is -2.16. The molecule has 0 fully saturated rings. The summed E-state index contributed by atoms with van der Waals surface area (Å²) in [6.45, 7) is 2.58. The summed E-state index contributed by atoms with van der Waals surface area (Å²) >= 11 is 0. The van der Waals surface area contributed by atoms with Gasteiger partial charge in [-0.05, 0) is 20.9 Å². The molecule has 0 radical (unpaired) electrons. The standard InChI is InChI=1S/C11H18N2O5/c1-6(14)4-8(7(2)15)13-10(16)5-9(12-3)11(17)18/h8-9,12H,4-5H2,1-3H3,(H,13,16)(H,17,18). The molecule has 7 nitrogen and oxygen atoms in total. The lowest BCUT2D eigenvalue weighted by molar-refractivity contribution is -0.141. The first-order valence-corrected chi connectivity index (χ1v) is 5.47. The van der Waals surface area contributed by atoms with Crippen molar-refractivity contribution in [2.45, 2.75) is 38.8 Å². The first kappa shape index (κ1) is 16.2. The van der Waals surface area contributed by atoms with Crippen molar-refractivity contribution in [2.75, 3.05) is 7.05 Å². The molecule has 0 heterocycles. The Balaban J connectivity index is 4.46. The van der Waals surface area contributed by atoms with Crippen molar-refractivity contribution in [3.8, 4) is 0 Å². The summed E-state index contributed by atoms with van der Waals surface area (Å²) in [5.41, 5.74) is 0. The molecule has 0 saturated heterocycles. The largest absolute Gasteiger partial charge is 0.480 e. The SMILES string of the molecule is CNC(CC(=O)NC(CC(C)=O)C(C)=O)C(=O)O. The van der Waals surface area contributed by atoms with Gasteiger partial charge in [0.2, 0.25) is 5.91 Å². The van der Waals surface area contributed by atoms with E-state index in [1.54, 1.807) is 0 Å². The third-order valence-electron chi connectivity index (χ3n) is 2.35. The normalized spacial score (nSPS) is 13.5. The van der Waals surface area contributed by atoms with Crippen molar-refractivity contribution in [1.82, 2.24) is 10.6 Å². The van der Waals surface area contributed by atoms with Gasteiger partial charge in [-0.3, -0.25) is 19.2 Å². The second-order valence-corrected chi connectivity index (χ2v) is 4.02. The van der Waals surface area contributed by atoms with Crippen LogP contribution in [0.1, 0.15) is 26.7 Å². The molecule has 3 N–H and O–H groups in total. The second-order valence-electron chi connectivity index (χ2n) is 4.02. The monoisotopic (exact) mass is 258 g/mol. The summed E-state index contributed by atoms with van der Waals surface area (Å²) in [7, 11) is 1.42. The highest BCUT2D eigenvalue weighted by Gasteiger charge is 2.23. The van der Waals surface area contributed by atoms with Crippen molar-refractivity contribution in [2.24, 2.45) is 0 Å². The predicted molar refractivity (Wildman–Crippen MR) is 63.0 cm³/mol. The number of nitrogens with one attached hydrogen (secondary N) is 2. The Kier molecular flexibility index (Phi) is 6.81. The Hall–Kier alpha value is -1.76. The van der Waals surface area contributed by atoms with E-state index in [4.69, 9.17) is 5.11 Å². The Morgan fingerprint density at radius 2 is 1.61 bits per heavy atom. The van der Waals surface area contributed by atoms with Crippen LogP contribution in [0.4, 0.5) is 0 Å². The van der Waals surface area contributed by atoms with E-state index >= 15 is 0 Å². The van der Waals surface area contributed by atoms with E-state index < -0.39 is 24.0 Å². The van der Waals surface area contributed by atoms with E-state index in [2.05, 4.69) is 10.6 Å². The molecule has 0 rings (SSSR count). The smallest absolute Gasteiger partial charge is 0.321 e. The Bertz CT molecular complexity index is 353. The quantitative estimate of drug-likeness (QED) is 0.520. The van der Waals surface area contributed by atoms with Crippen LogP contribution in [0.15, 0.2) is 0 Å². The van der Waals surface area contributed by atoms with Crippen LogP contribution in [0, 0.1) is 0 Å². The number of carboxylic acid groups (broad SMARTS) is 1. The number of hydrogen-bond acceptors (Lipinski definition) is 5. The number of ketones is 2. The molecule has 102 valence electrons. The van der Waals surface area contributed by atoms with E-state index in [0.29, 0.717) is 0 Å². The molecule has 7 heteroatoms. The topological polar surface area (TPSA) is 113 Å². The number of aliphatic carboxylic acids is 1. The van der Waals surface area contributed by atoms with Crippen molar-refractivity contribution in [1.29, 1.82) is 0 Å². The van der Waals surface area contributed by atoms with Crippen molar-refractivity contribution in [3.05, 3.63) is 0 Å². The Labute approximate surface area is 105 Å². The molecule has 0 aliphatic carbocycles.